The smallest absolute Gasteiger partial charge is 0.247 e. The van der Waals surface area contributed by atoms with Gasteiger partial charge in [0.15, 0.2) is 0 Å². The van der Waals surface area contributed by atoms with E-state index in [2.05, 4.69) is 32.7 Å². The quantitative estimate of drug-likeness (QED) is 0.282. The first kappa shape index (κ1) is 28.6. The summed E-state index contributed by atoms with van der Waals surface area (Å²) in [6.07, 6.45) is 6.73. The van der Waals surface area contributed by atoms with Gasteiger partial charge in [0.2, 0.25) is 11.8 Å². The Hall–Kier alpha value is -4.50. The van der Waals surface area contributed by atoms with Crippen molar-refractivity contribution in [2.75, 3.05) is 36.5 Å². The van der Waals surface area contributed by atoms with Crippen molar-refractivity contribution in [2.45, 2.75) is 45.3 Å². The molecule has 2 amide bonds. The van der Waals surface area contributed by atoms with Crippen LogP contribution in [0.25, 0.3) is 11.0 Å². The number of para-hydroxylation sites is 1. The monoisotopic (exact) mass is 578 g/mol. The van der Waals surface area contributed by atoms with Crippen molar-refractivity contribution >= 4 is 34.2 Å². The predicted molar refractivity (Wildman–Crippen MR) is 168 cm³/mol. The summed E-state index contributed by atoms with van der Waals surface area (Å²) in [7, 11) is 0. The van der Waals surface area contributed by atoms with Crippen molar-refractivity contribution in [1.82, 2.24) is 19.9 Å². The third-order valence-electron chi connectivity index (χ3n) is 8.37. The average Bonchev–Trinajstić information content (AvgIpc) is 3.45. The number of ether oxygens (including phenoxy) is 1. The number of nitrogens with zero attached hydrogens (tertiary/aromatic N) is 5. The Morgan fingerprint density at radius 1 is 1.00 bits per heavy atom. The number of fused-ring (bicyclic) bond motifs is 1. The molecule has 0 unspecified atom stereocenters. The largest absolute Gasteiger partial charge is 0.378 e. The molecule has 0 saturated carbocycles. The maximum absolute atomic E-state index is 14.2. The van der Waals surface area contributed by atoms with Crippen molar-refractivity contribution in [3.8, 4) is 0 Å². The van der Waals surface area contributed by atoms with Crippen LogP contribution in [-0.4, -0.2) is 64.1 Å². The van der Waals surface area contributed by atoms with E-state index in [1.54, 1.807) is 9.58 Å². The Morgan fingerprint density at radius 2 is 1.77 bits per heavy atom. The number of amides is 2. The molecule has 1 aliphatic carbocycles. The van der Waals surface area contributed by atoms with Crippen LogP contribution in [0.1, 0.15) is 30.4 Å². The summed E-state index contributed by atoms with van der Waals surface area (Å²) in [4.78, 5) is 32.5. The van der Waals surface area contributed by atoms with E-state index in [0.29, 0.717) is 25.4 Å². The summed E-state index contributed by atoms with van der Waals surface area (Å²) >= 11 is 0. The van der Waals surface area contributed by atoms with E-state index in [9.17, 15) is 9.59 Å². The summed E-state index contributed by atoms with van der Waals surface area (Å²) in [5.41, 5.74) is 5.44. The molecule has 2 heterocycles. The van der Waals surface area contributed by atoms with Gasteiger partial charge in [-0.1, -0.05) is 59.3 Å². The number of hydrogen-bond acceptors (Lipinski definition) is 6. The van der Waals surface area contributed by atoms with Crippen LogP contribution in [0, 0.1) is 12.8 Å². The van der Waals surface area contributed by atoms with Gasteiger partial charge in [0.05, 0.1) is 18.7 Å². The fourth-order valence-electron chi connectivity index (χ4n) is 5.99. The van der Waals surface area contributed by atoms with Gasteiger partial charge in [0.25, 0.3) is 0 Å². The van der Waals surface area contributed by atoms with Gasteiger partial charge in [0, 0.05) is 31.0 Å². The van der Waals surface area contributed by atoms with Gasteiger partial charge in [0.1, 0.15) is 18.1 Å². The van der Waals surface area contributed by atoms with Crippen molar-refractivity contribution in [3.63, 3.8) is 0 Å². The second-order valence-electron chi connectivity index (χ2n) is 11.4. The Morgan fingerprint density at radius 3 is 2.51 bits per heavy atom. The summed E-state index contributed by atoms with van der Waals surface area (Å²) in [5.74, 6) is -0.364. The first-order valence-corrected chi connectivity index (χ1v) is 15.1. The Bertz CT molecular complexity index is 1570. The zero-order valence-corrected chi connectivity index (χ0v) is 24.6. The van der Waals surface area contributed by atoms with Crippen LogP contribution in [0.4, 0.5) is 11.4 Å². The molecule has 1 fully saturated rings. The normalized spacial score (nSPS) is 17.5. The number of anilines is 2. The highest BCUT2D eigenvalue weighted by atomic mass is 16.5. The molecule has 4 aromatic rings. The fraction of sp³-hybridized carbons (Fsp3) is 0.353. The maximum atomic E-state index is 14.2. The number of morpholine rings is 1. The average molecular weight is 579 g/mol. The molecule has 1 aromatic heterocycles. The number of hydrogen-bond donors (Lipinski definition) is 1. The van der Waals surface area contributed by atoms with Gasteiger partial charge >= 0.3 is 0 Å². The fourth-order valence-corrected chi connectivity index (χ4v) is 5.99. The summed E-state index contributed by atoms with van der Waals surface area (Å²) in [6.45, 7) is 5.47. The molecule has 0 bridgehead atoms. The molecule has 1 aliphatic heterocycles. The number of nitrogens with one attached hydrogen (secondary N) is 1. The Balaban J connectivity index is 1.29. The molecule has 9 nitrogen and oxygen atoms in total. The van der Waals surface area contributed by atoms with E-state index < -0.39 is 6.04 Å². The molecule has 1 N–H and O–H groups in total. The highest BCUT2D eigenvalue weighted by Crippen LogP contribution is 2.29. The van der Waals surface area contributed by atoms with E-state index in [1.165, 1.54) is 0 Å². The van der Waals surface area contributed by atoms with Gasteiger partial charge in [-0.2, -0.15) is 0 Å². The molecule has 0 radical (unpaired) electrons. The van der Waals surface area contributed by atoms with E-state index in [0.717, 1.165) is 60.2 Å². The van der Waals surface area contributed by atoms with E-state index >= 15 is 0 Å². The standard InChI is InChI=1S/C34H38N6O3/c1-25-11-13-26(14-12-25)23-39(32(41)24-40-31-10-6-5-9-30(31)36-37-40)33(27-7-3-2-4-8-27)34(42)35-28-15-17-29(18-16-28)38-19-21-43-22-20-38/h2-3,5-6,9-18,27,33H,4,7-8,19-24H2,1H3,(H,35,42)/t27-,33+/m1/s1. The lowest BCUT2D eigenvalue weighted by Crippen LogP contribution is -2.52. The zero-order valence-electron chi connectivity index (χ0n) is 24.6. The molecule has 0 spiro atoms. The van der Waals surface area contributed by atoms with Gasteiger partial charge < -0.3 is 19.9 Å². The lowest BCUT2D eigenvalue weighted by Gasteiger charge is -2.37. The number of carbonyl (C=O) groups excluding carboxylic acids is 2. The molecule has 222 valence electrons. The summed E-state index contributed by atoms with van der Waals surface area (Å²) in [5, 5.41) is 11.7. The minimum Gasteiger partial charge on any atom is -0.378 e. The first-order valence-electron chi connectivity index (χ1n) is 15.1. The predicted octanol–water partition coefficient (Wildman–Crippen LogP) is 4.97. The second-order valence-corrected chi connectivity index (χ2v) is 11.4. The number of aromatic nitrogens is 3. The van der Waals surface area contributed by atoms with E-state index in [1.807, 2.05) is 79.7 Å². The topological polar surface area (TPSA) is 92.6 Å². The van der Waals surface area contributed by atoms with Crippen LogP contribution in [0.5, 0.6) is 0 Å². The Labute approximate surface area is 252 Å². The van der Waals surface area contributed by atoms with Crippen molar-refractivity contribution in [1.29, 1.82) is 0 Å². The minimum atomic E-state index is -0.660. The molecule has 6 rings (SSSR count). The van der Waals surface area contributed by atoms with Gasteiger partial charge in [-0.15, -0.1) is 5.10 Å². The molecule has 2 atom stereocenters. The van der Waals surface area contributed by atoms with Crippen LogP contribution in [0.15, 0.2) is 84.9 Å². The third-order valence-corrected chi connectivity index (χ3v) is 8.37. The number of rotatable bonds is 9. The number of benzene rings is 3. The van der Waals surface area contributed by atoms with E-state index in [4.69, 9.17) is 4.74 Å². The second kappa shape index (κ2) is 13.2. The highest BCUT2D eigenvalue weighted by Gasteiger charge is 2.37. The molecular weight excluding hydrogens is 540 g/mol. The SMILES string of the molecule is Cc1ccc(CN(C(=O)Cn2nnc3ccccc32)[C@H](C(=O)Nc2ccc(N3CCOCC3)cc2)[C@@H]2CC=CCC2)cc1. The van der Waals surface area contributed by atoms with Crippen LogP contribution in [0.3, 0.4) is 0 Å². The number of allylic oxidation sites excluding steroid dienone is 2. The van der Waals surface area contributed by atoms with Crippen molar-refractivity contribution in [3.05, 3.63) is 96.1 Å². The van der Waals surface area contributed by atoms with Gasteiger partial charge in [-0.05, 0) is 74.1 Å². The molecule has 3 aromatic carbocycles. The minimum absolute atomic E-state index is 0.00698. The zero-order chi connectivity index (χ0) is 29.6. The first-order chi connectivity index (χ1) is 21.0. The van der Waals surface area contributed by atoms with Crippen LogP contribution in [-0.2, 0) is 27.4 Å². The van der Waals surface area contributed by atoms with Crippen LogP contribution in [0.2, 0.25) is 0 Å². The third kappa shape index (κ3) is 6.78. The van der Waals surface area contributed by atoms with Gasteiger partial charge in [-0.3, -0.25) is 9.59 Å². The van der Waals surface area contributed by atoms with Crippen molar-refractivity contribution < 1.29 is 14.3 Å². The molecular formula is C34H38N6O3. The Kier molecular flexibility index (Phi) is 8.79. The molecule has 43 heavy (non-hydrogen) atoms. The summed E-state index contributed by atoms with van der Waals surface area (Å²) in [6, 6.07) is 23.0. The molecule has 9 heteroatoms. The maximum Gasteiger partial charge on any atom is 0.247 e. The van der Waals surface area contributed by atoms with E-state index in [-0.39, 0.29) is 24.3 Å². The highest BCUT2D eigenvalue weighted by molar-refractivity contribution is 5.97. The number of aryl methyl sites for hydroxylation is 1. The lowest BCUT2D eigenvalue weighted by molar-refractivity contribution is -0.142. The number of carbonyl (C=O) groups is 2. The molecule has 2 aliphatic rings. The van der Waals surface area contributed by atoms with Crippen LogP contribution < -0.4 is 10.2 Å². The van der Waals surface area contributed by atoms with Crippen LogP contribution >= 0.6 is 0 Å². The molecule has 1 saturated heterocycles. The van der Waals surface area contributed by atoms with Crippen molar-refractivity contribution in [2.24, 2.45) is 5.92 Å². The van der Waals surface area contributed by atoms with Gasteiger partial charge in [-0.25, -0.2) is 4.68 Å². The summed E-state index contributed by atoms with van der Waals surface area (Å²) < 4.78 is 7.11. The lowest BCUT2D eigenvalue weighted by atomic mass is 9.85.